The molecule has 1 aromatic carbocycles. The lowest BCUT2D eigenvalue weighted by molar-refractivity contribution is -0.129. The molecule has 0 saturated carbocycles. The van der Waals surface area contributed by atoms with E-state index in [-0.39, 0.29) is 16.3 Å². The zero-order valence-electron chi connectivity index (χ0n) is 14.9. The largest absolute Gasteiger partial charge is 0.369 e. The second kappa shape index (κ2) is 6.79. The molecule has 1 aliphatic rings. The molecule has 0 aliphatic carbocycles. The number of guanidine groups is 1. The van der Waals surface area contributed by atoms with Gasteiger partial charge in [0.1, 0.15) is 5.82 Å². The van der Waals surface area contributed by atoms with Crippen LogP contribution in [0.15, 0.2) is 39.8 Å². The van der Waals surface area contributed by atoms with Crippen molar-refractivity contribution in [1.82, 2.24) is 9.88 Å². The highest BCUT2D eigenvalue weighted by Gasteiger charge is 2.50. The Morgan fingerprint density at radius 3 is 2.23 bits per heavy atom. The molecular weight excluding hydrogens is 399 g/mol. The zero-order valence-corrected chi connectivity index (χ0v) is 16.5. The molecule has 0 saturated heterocycles. The second-order valence-electron chi connectivity index (χ2n) is 6.22. The van der Waals surface area contributed by atoms with Gasteiger partial charge in [-0.1, -0.05) is 19.9 Å². The topological polar surface area (TPSA) is 71.6 Å². The molecule has 3 rings (SSSR count). The maximum atomic E-state index is 13.8. The fourth-order valence-corrected chi connectivity index (χ4v) is 3.50. The van der Waals surface area contributed by atoms with Gasteiger partial charge < -0.3 is 5.73 Å². The van der Waals surface area contributed by atoms with Crippen LogP contribution < -0.4 is 5.73 Å². The van der Waals surface area contributed by atoms with Gasteiger partial charge in [-0.05, 0) is 64.2 Å². The van der Waals surface area contributed by atoms with Gasteiger partial charge in [0.25, 0.3) is 5.91 Å². The number of pyridine rings is 1. The number of aromatic nitrogens is 1. The third kappa shape index (κ3) is 2.80. The predicted octanol–water partition coefficient (Wildman–Crippen LogP) is 3.14. The Morgan fingerprint density at radius 1 is 1.15 bits per heavy atom. The third-order valence-corrected chi connectivity index (χ3v) is 5.26. The summed E-state index contributed by atoms with van der Waals surface area (Å²) >= 11 is 3.20. The van der Waals surface area contributed by atoms with Gasteiger partial charge in [-0.3, -0.25) is 14.7 Å². The third-order valence-electron chi connectivity index (χ3n) is 4.65. The average molecular weight is 419 g/mol. The number of halogens is 2. The number of carbonyl (C=O) groups is 1. The zero-order chi connectivity index (χ0) is 19.1. The maximum Gasteiger partial charge on any atom is 0.266 e. The molecule has 2 aromatic rings. The van der Waals surface area contributed by atoms with Gasteiger partial charge in [-0.25, -0.2) is 9.38 Å². The number of likely N-dealkylation sites (N-methyl/N-ethyl adjacent to an activating group) is 1. The van der Waals surface area contributed by atoms with Crippen molar-refractivity contribution in [2.24, 2.45) is 10.7 Å². The van der Waals surface area contributed by atoms with Crippen LogP contribution >= 0.6 is 15.9 Å². The molecule has 2 N–H and O–H groups in total. The van der Waals surface area contributed by atoms with Crippen LogP contribution in [0.1, 0.15) is 36.4 Å². The maximum absolute atomic E-state index is 13.8. The van der Waals surface area contributed by atoms with Crippen molar-refractivity contribution in [3.05, 3.63) is 63.1 Å². The molecule has 1 unspecified atom stereocenters. The highest BCUT2D eigenvalue weighted by Crippen LogP contribution is 2.40. The lowest BCUT2D eigenvalue weighted by atomic mass is 9.82. The van der Waals surface area contributed by atoms with Crippen LogP contribution in [0.5, 0.6) is 0 Å². The lowest BCUT2D eigenvalue weighted by Crippen LogP contribution is -2.41. The first-order valence-electron chi connectivity index (χ1n) is 8.42. The van der Waals surface area contributed by atoms with E-state index in [1.165, 1.54) is 11.0 Å². The summed E-state index contributed by atoms with van der Waals surface area (Å²) in [6.07, 6.45) is 1.46. The van der Waals surface area contributed by atoms with E-state index in [2.05, 4.69) is 25.9 Å². The molecule has 5 nitrogen and oxygen atoms in total. The molecular formula is C19H20BrFN4O. The Morgan fingerprint density at radius 2 is 1.77 bits per heavy atom. The first-order valence-corrected chi connectivity index (χ1v) is 9.22. The van der Waals surface area contributed by atoms with Crippen LogP contribution in [0, 0.1) is 5.82 Å². The highest BCUT2D eigenvalue weighted by molar-refractivity contribution is 9.10. The van der Waals surface area contributed by atoms with Crippen molar-refractivity contribution in [3.8, 4) is 0 Å². The van der Waals surface area contributed by atoms with E-state index in [0.29, 0.717) is 11.1 Å². The van der Waals surface area contributed by atoms with Crippen LogP contribution in [0.4, 0.5) is 4.39 Å². The van der Waals surface area contributed by atoms with Gasteiger partial charge in [0.15, 0.2) is 11.5 Å². The van der Waals surface area contributed by atoms with Crippen LogP contribution in [0.3, 0.4) is 0 Å². The molecule has 7 heteroatoms. The summed E-state index contributed by atoms with van der Waals surface area (Å²) < 4.78 is 14.1. The number of aryl methyl sites for hydroxylation is 2. The van der Waals surface area contributed by atoms with Gasteiger partial charge in [-0.2, -0.15) is 0 Å². The SMILES string of the molecule is CCc1cc(C2(c3ccc(F)c(Br)c3)N=C(N)N(C)C2=O)cc(CC)n1. The molecule has 26 heavy (non-hydrogen) atoms. The molecule has 1 aliphatic heterocycles. The van der Waals surface area contributed by atoms with Crippen LogP contribution in [0.2, 0.25) is 0 Å². The van der Waals surface area contributed by atoms with Gasteiger partial charge >= 0.3 is 0 Å². The van der Waals surface area contributed by atoms with Crippen molar-refractivity contribution in [3.63, 3.8) is 0 Å². The van der Waals surface area contributed by atoms with Crippen molar-refractivity contribution in [1.29, 1.82) is 0 Å². The minimum absolute atomic E-state index is 0.128. The summed E-state index contributed by atoms with van der Waals surface area (Å²) in [7, 11) is 1.59. The number of hydrogen-bond donors (Lipinski definition) is 1. The number of carbonyl (C=O) groups excluding carboxylic acids is 1. The molecule has 1 atom stereocenters. The Hall–Kier alpha value is -2.28. The Kier molecular flexibility index (Phi) is 4.84. The molecule has 1 amide bonds. The van der Waals surface area contributed by atoms with E-state index >= 15 is 0 Å². The highest BCUT2D eigenvalue weighted by atomic mass is 79.9. The predicted molar refractivity (Wildman–Crippen MR) is 102 cm³/mol. The summed E-state index contributed by atoms with van der Waals surface area (Å²) in [4.78, 5) is 23.7. The molecule has 0 spiro atoms. The Labute approximate surface area is 160 Å². The summed E-state index contributed by atoms with van der Waals surface area (Å²) in [6, 6.07) is 8.24. The first-order chi connectivity index (χ1) is 12.3. The summed E-state index contributed by atoms with van der Waals surface area (Å²) in [5, 5.41) is 0. The van der Waals surface area contributed by atoms with Crippen molar-refractivity contribution < 1.29 is 9.18 Å². The van der Waals surface area contributed by atoms with Crippen LogP contribution in [-0.4, -0.2) is 28.8 Å². The monoisotopic (exact) mass is 418 g/mol. The Bertz CT molecular complexity index is 892. The summed E-state index contributed by atoms with van der Waals surface area (Å²) in [5.41, 5.74) is 7.63. The van der Waals surface area contributed by atoms with Gasteiger partial charge in [0, 0.05) is 18.4 Å². The van der Waals surface area contributed by atoms with E-state index in [0.717, 1.165) is 24.2 Å². The van der Waals surface area contributed by atoms with Crippen molar-refractivity contribution in [2.75, 3.05) is 7.05 Å². The van der Waals surface area contributed by atoms with E-state index in [1.54, 1.807) is 19.2 Å². The quantitative estimate of drug-likeness (QED) is 0.828. The molecule has 136 valence electrons. The fourth-order valence-electron chi connectivity index (χ4n) is 3.13. The minimum Gasteiger partial charge on any atom is -0.369 e. The first kappa shape index (κ1) is 18.5. The number of benzene rings is 1. The molecule has 0 radical (unpaired) electrons. The molecule has 2 heterocycles. The van der Waals surface area contributed by atoms with E-state index in [9.17, 15) is 9.18 Å². The van der Waals surface area contributed by atoms with E-state index < -0.39 is 11.4 Å². The summed E-state index contributed by atoms with van der Waals surface area (Å²) in [5.74, 6) is -0.551. The Balaban J connectivity index is 2.33. The minimum atomic E-state index is -1.34. The van der Waals surface area contributed by atoms with Gasteiger partial charge in [0.05, 0.1) is 4.47 Å². The molecule has 1 aromatic heterocycles. The van der Waals surface area contributed by atoms with Crippen LogP contribution in [0.25, 0.3) is 0 Å². The van der Waals surface area contributed by atoms with E-state index in [1.807, 2.05) is 26.0 Å². The van der Waals surface area contributed by atoms with Crippen LogP contribution in [-0.2, 0) is 23.2 Å². The standard InChI is InChI=1S/C19H20BrFN4O/c1-4-13-8-12(9-14(5-2)23-13)19(17(26)25(3)18(22)24-19)11-6-7-16(21)15(20)10-11/h6-10H,4-5H2,1-3H3,(H2,22,24). The van der Waals surface area contributed by atoms with Gasteiger partial charge in [-0.15, -0.1) is 0 Å². The number of hydrogen-bond acceptors (Lipinski definition) is 4. The number of rotatable bonds is 4. The van der Waals surface area contributed by atoms with Crippen molar-refractivity contribution in [2.45, 2.75) is 32.2 Å². The lowest BCUT2D eigenvalue weighted by Gasteiger charge is -2.27. The van der Waals surface area contributed by atoms with Gasteiger partial charge in [0.2, 0.25) is 0 Å². The molecule has 0 bridgehead atoms. The average Bonchev–Trinajstić information content (AvgIpc) is 2.88. The second-order valence-corrected chi connectivity index (χ2v) is 7.07. The molecule has 0 fully saturated rings. The smallest absolute Gasteiger partial charge is 0.266 e. The normalized spacial score (nSPS) is 19.8. The fraction of sp³-hybridized carbons (Fsp3) is 0.316. The number of amides is 1. The number of aliphatic imine (C=N–C) groups is 1. The number of nitrogens with zero attached hydrogens (tertiary/aromatic N) is 3. The van der Waals surface area contributed by atoms with Crippen molar-refractivity contribution >= 4 is 27.8 Å². The van der Waals surface area contributed by atoms with E-state index in [4.69, 9.17) is 5.73 Å². The number of nitrogens with two attached hydrogens (primary N) is 1. The summed E-state index contributed by atoms with van der Waals surface area (Å²) in [6.45, 7) is 4.01.